The molecule has 5 aliphatic rings. The number of carbonyl (C=O) groups is 2. The van der Waals surface area contributed by atoms with Crippen LogP contribution in [0.1, 0.15) is 199 Å². The van der Waals surface area contributed by atoms with Gasteiger partial charge in [0.15, 0.2) is 0 Å². The van der Waals surface area contributed by atoms with Crippen molar-refractivity contribution in [1.82, 2.24) is 0 Å². The first-order chi connectivity index (χ1) is 46.4. The van der Waals surface area contributed by atoms with Crippen molar-refractivity contribution >= 4 is 11.9 Å². The van der Waals surface area contributed by atoms with Gasteiger partial charge in [-0.3, -0.25) is 0 Å². The molecule has 30 atom stereocenters. The van der Waals surface area contributed by atoms with E-state index in [9.17, 15) is 50.4 Å². The number of cyclic esters (lactones) is 2. The maximum Gasteiger partial charge on any atom is 0.331 e. The van der Waals surface area contributed by atoms with Crippen LogP contribution < -0.4 is 0 Å². The highest BCUT2D eigenvalue weighted by molar-refractivity contribution is 5.83. The van der Waals surface area contributed by atoms with Crippen LogP contribution in [0.25, 0.3) is 0 Å². The van der Waals surface area contributed by atoms with E-state index in [-0.39, 0.29) is 99.2 Å². The molecule has 20 nitrogen and oxygen atoms in total. The molecule has 0 radical (unpaired) electrons. The van der Waals surface area contributed by atoms with E-state index in [0.717, 1.165) is 25.7 Å². The first kappa shape index (κ1) is 85.4. The molecule has 2 saturated heterocycles. The standard InChI is InChI=1S/C78H132O20/c1-45-23-29-57(79)37-59-19-17-21-61(95-59)41-71(91-15)52(8)68(82)44-70(84)54(10)78(56(12)76(88)48(4)28-32-64-40-66(90-14)36-50(6)94-64)98-74(86)34-26-46(2)24-30-58(80)38-60-20-18-22-62(96-60)42-72(92-16)51(7)67(81)43-69(83)53(9)77(97-73(85)33-25-45)55(11)75(87)47(3)27-31-63-39-65(89-13)35-49(5)93-63/h17-20,23-26,33-34,47-72,75-84,87-88H,21-22,27-32,35-44H2,1-16H3/b33-25+,34-26+,45-23+,46-24+/t47-,48-,49-,50-,51-,52-,53-,54-,55-,56-,57-,58-,59-,60?,61-,62-,63-,64-,65+,66+,67-,68-,69+,70+,71-,72-,75-,76-,77-,78-/m0/s1. The van der Waals surface area contributed by atoms with Gasteiger partial charge in [0, 0.05) is 102 Å². The Morgan fingerprint density at radius 1 is 0.449 bits per heavy atom. The predicted molar refractivity (Wildman–Crippen MR) is 377 cm³/mol. The Hall–Kier alpha value is -3.26. The largest absolute Gasteiger partial charge is 0.458 e. The quantitative estimate of drug-likeness (QED) is 0.0527. The maximum absolute atomic E-state index is 13.9. The molecule has 0 saturated carbocycles. The van der Waals surface area contributed by atoms with E-state index in [1.165, 1.54) is 12.2 Å². The van der Waals surface area contributed by atoms with E-state index in [4.69, 9.17) is 47.4 Å². The summed E-state index contributed by atoms with van der Waals surface area (Å²) in [5.41, 5.74) is 1.39. The molecule has 0 aromatic heterocycles. The van der Waals surface area contributed by atoms with Gasteiger partial charge in [0.1, 0.15) is 12.2 Å². The summed E-state index contributed by atoms with van der Waals surface area (Å²) in [6, 6.07) is 0. The van der Waals surface area contributed by atoms with Gasteiger partial charge < -0.3 is 88.2 Å². The molecule has 0 amide bonds. The maximum atomic E-state index is 13.9. The van der Waals surface area contributed by atoms with Gasteiger partial charge in [0.05, 0.1) is 122 Å². The molecule has 0 aliphatic carbocycles. The van der Waals surface area contributed by atoms with Crippen molar-refractivity contribution in [3.05, 3.63) is 71.9 Å². The van der Waals surface area contributed by atoms with Crippen molar-refractivity contribution < 1.29 is 97.8 Å². The van der Waals surface area contributed by atoms with E-state index < -0.39 is 133 Å². The zero-order valence-electron chi connectivity index (χ0n) is 62.3. The molecule has 0 aromatic carbocycles. The number of rotatable bonds is 16. The van der Waals surface area contributed by atoms with Crippen LogP contribution in [-0.4, -0.2) is 216 Å². The monoisotopic (exact) mass is 1390 g/mol. The van der Waals surface area contributed by atoms with E-state index >= 15 is 0 Å². The Morgan fingerprint density at radius 2 is 0.806 bits per heavy atom. The Morgan fingerprint density at radius 3 is 1.15 bits per heavy atom. The number of methoxy groups -OCH3 is 4. The number of hydrogen-bond donors (Lipinski definition) is 8. The van der Waals surface area contributed by atoms with Crippen molar-refractivity contribution in [3.63, 3.8) is 0 Å². The summed E-state index contributed by atoms with van der Waals surface area (Å²) in [5, 5.41) is 94.4. The van der Waals surface area contributed by atoms with E-state index in [1.54, 1.807) is 54.4 Å². The Labute approximate surface area is 587 Å². The average Bonchev–Trinajstić information content (AvgIpc) is 0.853. The van der Waals surface area contributed by atoms with Crippen molar-refractivity contribution in [3.8, 4) is 0 Å². The first-order valence-electron chi connectivity index (χ1n) is 37.1. The minimum absolute atomic E-state index is 0.0293. The molecule has 0 spiro atoms. The number of carbonyl (C=O) groups excluding carboxylic acids is 2. The third-order valence-electron chi connectivity index (χ3n) is 22.3. The second-order valence-corrected chi connectivity index (χ2v) is 30.3. The number of allylic oxidation sites excluding steroid dienone is 4. The third-order valence-corrected chi connectivity index (χ3v) is 22.3. The van der Waals surface area contributed by atoms with Gasteiger partial charge in [-0.1, -0.05) is 115 Å². The van der Waals surface area contributed by atoms with E-state index in [0.29, 0.717) is 62.5 Å². The first-order valence-corrected chi connectivity index (χ1v) is 37.1. The molecule has 5 aliphatic heterocycles. The Kier molecular flexibility index (Phi) is 37.6. The molecule has 2 fully saturated rings. The number of hydrogen-bond acceptors (Lipinski definition) is 20. The fourth-order valence-corrected chi connectivity index (χ4v) is 15.3. The Balaban J connectivity index is 1.36. The number of ether oxygens (including phenoxy) is 10. The fourth-order valence-electron chi connectivity index (χ4n) is 15.3. The molecule has 4 bridgehead atoms. The summed E-state index contributed by atoms with van der Waals surface area (Å²) in [6.45, 7) is 22.5. The molecular weight excluding hydrogens is 1260 g/mol. The molecule has 98 heavy (non-hydrogen) atoms. The van der Waals surface area contributed by atoms with E-state index in [2.05, 4.69) is 0 Å². The lowest BCUT2D eigenvalue weighted by Crippen LogP contribution is -2.45. The van der Waals surface area contributed by atoms with Crippen LogP contribution in [0.3, 0.4) is 0 Å². The van der Waals surface area contributed by atoms with Gasteiger partial charge in [0.25, 0.3) is 0 Å². The number of aliphatic hydroxyl groups excluding tert-OH is 8. The van der Waals surface area contributed by atoms with Crippen molar-refractivity contribution in [2.45, 2.75) is 333 Å². The molecule has 8 N–H and O–H groups in total. The molecular formula is C78H132O20. The van der Waals surface area contributed by atoms with Gasteiger partial charge in [-0.15, -0.1) is 0 Å². The lowest BCUT2D eigenvalue weighted by atomic mass is 9.78. The number of fused-ring (bicyclic) bond motifs is 4. The van der Waals surface area contributed by atoms with Crippen LogP contribution in [0.2, 0.25) is 0 Å². The predicted octanol–water partition coefficient (Wildman–Crippen LogP) is 10.1. The molecule has 20 heteroatoms. The average molecular weight is 1390 g/mol. The molecule has 5 heterocycles. The zero-order valence-corrected chi connectivity index (χ0v) is 62.3. The number of esters is 2. The zero-order chi connectivity index (χ0) is 72.5. The highest BCUT2D eigenvalue weighted by Crippen LogP contribution is 2.37. The summed E-state index contributed by atoms with van der Waals surface area (Å²) >= 11 is 0. The summed E-state index contributed by atoms with van der Waals surface area (Å²) < 4.78 is 61.3. The topological polar surface area (TPSA) is 288 Å². The molecule has 5 rings (SSSR count). The van der Waals surface area contributed by atoms with Gasteiger partial charge in [-0.2, -0.15) is 0 Å². The molecule has 0 aromatic rings. The molecule has 564 valence electrons. The van der Waals surface area contributed by atoms with Gasteiger partial charge in [-0.05, 0) is 129 Å². The summed E-state index contributed by atoms with van der Waals surface area (Å²) in [6.07, 6.45) is 14.1. The second kappa shape index (κ2) is 43.1. The summed E-state index contributed by atoms with van der Waals surface area (Å²) in [4.78, 5) is 27.8. The van der Waals surface area contributed by atoms with Crippen LogP contribution in [0, 0.1) is 47.3 Å². The van der Waals surface area contributed by atoms with Gasteiger partial charge >= 0.3 is 11.9 Å². The van der Waals surface area contributed by atoms with E-state index in [1.807, 2.05) is 106 Å². The highest BCUT2D eigenvalue weighted by atomic mass is 16.6. The number of aliphatic hydroxyl groups is 8. The summed E-state index contributed by atoms with van der Waals surface area (Å²) in [7, 11) is 6.58. The second-order valence-electron chi connectivity index (χ2n) is 30.3. The van der Waals surface area contributed by atoms with Crippen LogP contribution in [0.15, 0.2) is 71.9 Å². The van der Waals surface area contributed by atoms with Crippen LogP contribution in [0.4, 0.5) is 0 Å². The van der Waals surface area contributed by atoms with Crippen molar-refractivity contribution in [1.29, 1.82) is 0 Å². The van der Waals surface area contributed by atoms with Crippen LogP contribution >= 0.6 is 0 Å². The van der Waals surface area contributed by atoms with Crippen LogP contribution in [0.5, 0.6) is 0 Å². The highest BCUT2D eigenvalue weighted by Gasteiger charge is 2.42. The minimum atomic E-state index is -1.16. The minimum Gasteiger partial charge on any atom is -0.458 e. The smallest absolute Gasteiger partial charge is 0.331 e. The van der Waals surface area contributed by atoms with Crippen LogP contribution in [-0.2, 0) is 57.0 Å². The summed E-state index contributed by atoms with van der Waals surface area (Å²) in [5.74, 6) is -5.50. The van der Waals surface area contributed by atoms with Crippen molar-refractivity contribution in [2.24, 2.45) is 47.3 Å². The normalized spacial score (nSPS) is 41.1. The van der Waals surface area contributed by atoms with Gasteiger partial charge in [-0.25, -0.2) is 9.59 Å². The fraction of sp³-hybridized carbons (Fsp3) is 0.821. The van der Waals surface area contributed by atoms with Gasteiger partial charge in [0.2, 0.25) is 0 Å². The lowest BCUT2D eigenvalue weighted by molar-refractivity contribution is -0.158. The Bertz CT molecular complexity index is 2320. The molecule has 1 unspecified atom stereocenters. The van der Waals surface area contributed by atoms with Crippen molar-refractivity contribution in [2.75, 3.05) is 28.4 Å². The SMILES string of the molecule is CO[C@H]1C[C@H](CC[C@H](C)[C@H](O)[C@H](C)[C@H]2OC(=O)/C=C/C(C)=C/C[C@H](O)C[C@@H]3C=CC[C@@H](C[C@H](OC)[C@@H](C)[C@@H](O)C[C@@H](O)[C@H](C)[C@@H]([C@@H](C)[C@@H](O)[C@@H](C)CC[C@H]4C[C@H](OC)C[C@H](C)O4)OC(=O)/C=C/C(C)=C/C[C@H](O)CC4C=CC[C@@H](C[C@H](OC)[C@@H](C)[C@@H](O)C[C@@H](O)[C@@H]2C)O4)O3)O[C@@H](C)C1. The third kappa shape index (κ3) is 28.1. The lowest BCUT2D eigenvalue weighted by Gasteiger charge is -2.38.